The average molecular weight is 156 g/mol. The van der Waals surface area contributed by atoms with Gasteiger partial charge in [0.15, 0.2) is 0 Å². The van der Waals surface area contributed by atoms with Crippen LogP contribution in [0.2, 0.25) is 0 Å². The molecule has 1 aliphatic carbocycles. The monoisotopic (exact) mass is 156 g/mol. The van der Waals surface area contributed by atoms with Gasteiger partial charge in [-0.3, -0.25) is 4.79 Å². The zero-order valence-corrected chi connectivity index (χ0v) is 7.35. The van der Waals surface area contributed by atoms with Gasteiger partial charge in [0.1, 0.15) is 11.6 Å². The predicted molar refractivity (Wildman–Crippen MR) is 44.4 cm³/mol. The summed E-state index contributed by atoms with van der Waals surface area (Å²) in [6, 6.07) is 0. The third-order valence-electron chi connectivity index (χ3n) is 1.66. The maximum Gasteiger partial charge on any atom is 0.132 e. The minimum Gasteiger partial charge on any atom is -0.300 e. The van der Waals surface area contributed by atoms with Gasteiger partial charge in [0, 0.05) is 19.3 Å². The lowest BCUT2D eigenvalue weighted by molar-refractivity contribution is -0.117. The van der Waals surface area contributed by atoms with E-state index in [9.17, 15) is 9.59 Å². The Morgan fingerprint density at radius 1 is 1.36 bits per heavy atom. The van der Waals surface area contributed by atoms with Crippen molar-refractivity contribution < 1.29 is 9.59 Å². The number of rotatable bonds is 1. The molecule has 0 aliphatic heterocycles. The number of carbonyl (C=O) groups excluding carboxylic acids is 2. The van der Waals surface area contributed by atoms with E-state index in [0.29, 0.717) is 12.2 Å². The molecule has 1 rings (SSSR count). The molecule has 0 saturated heterocycles. The van der Waals surface area contributed by atoms with E-state index in [1.54, 1.807) is 6.92 Å². The number of hydrogen-bond acceptors (Lipinski definition) is 2. The maximum absolute atomic E-state index is 10.2. The summed E-state index contributed by atoms with van der Waals surface area (Å²) in [5.74, 6) is 0.708. The minimum absolute atomic E-state index is 0.255. The Kier molecular flexibility index (Phi) is 5.71. The summed E-state index contributed by atoms with van der Waals surface area (Å²) in [5.41, 5.74) is 0. The Hall–Kier alpha value is -0.660. The van der Waals surface area contributed by atoms with Crippen molar-refractivity contribution in [2.24, 2.45) is 0 Å². The van der Waals surface area contributed by atoms with Crippen molar-refractivity contribution in [2.45, 2.75) is 46.0 Å². The van der Waals surface area contributed by atoms with Gasteiger partial charge in [-0.15, -0.1) is 0 Å². The Balaban J connectivity index is 0.000000187. The summed E-state index contributed by atoms with van der Waals surface area (Å²) < 4.78 is 0. The molecule has 64 valence electrons. The van der Waals surface area contributed by atoms with E-state index in [2.05, 4.69) is 0 Å². The summed E-state index contributed by atoms with van der Waals surface area (Å²) in [7, 11) is 0. The Morgan fingerprint density at radius 3 is 1.82 bits per heavy atom. The summed E-state index contributed by atoms with van der Waals surface area (Å²) in [4.78, 5) is 20.1. The Labute approximate surface area is 68.0 Å². The van der Waals surface area contributed by atoms with Crippen LogP contribution in [0.1, 0.15) is 46.0 Å². The van der Waals surface area contributed by atoms with Gasteiger partial charge in [-0.1, -0.05) is 6.92 Å². The van der Waals surface area contributed by atoms with Gasteiger partial charge >= 0.3 is 0 Å². The third kappa shape index (κ3) is 7.23. The van der Waals surface area contributed by atoms with Crippen molar-refractivity contribution in [2.75, 3.05) is 0 Å². The van der Waals surface area contributed by atoms with Gasteiger partial charge in [-0.05, 0) is 19.8 Å². The molecule has 0 heterocycles. The molecule has 0 radical (unpaired) electrons. The van der Waals surface area contributed by atoms with Crippen LogP contribution in [0.4, 0.5) is 0 Å². The quantitative estimate of drug-likeness (QED) is 0.582. The zero-order chi connectivity index (χ0) is 8.69. The van der Waals surface area contributed by atoms with Crippen LogP contribution in [0.5, 0.6) is 0 Å². The highest BCUT2D eigenvalue weighted by atomic mass is 16.1. The van der Waals surface area contributed by atoms with E-state index in [1.807, 2.05) is 6.92 Å². The fourth-order valence-corrected chi connectivity index (χ4v) is 0.769. The van der Waals surface area contributed by atoms with Gasteiger partial charge in [0.2, 0.25) is 0 Å². The number of Topliss-reactive ketones (excluding diaryl/α,β-unsaturated/α-hetero) is 2. The molecular weight excluding hydrogens is 140 g/mol. The molecule has 1 fully saturated rings. The van der Waals surface area contributed by atoms with Crippen LogP contribution in [0, 0.1) is 0 Å². The van der Waals surface area contributed by atoms with Gasteiger partial charge < -0.3 is 4.79 Å². The highest BCUT2D eigenvalue weighted by Crippen LogP contribution is 2.11. The number of ketones is 2. The fraction of sp³-hybridized carbons (Fsp3) is 0.778. The van der Waals surface area contributed by atoms with Crippen LogP contribution in [0.3, 0.4) is 0 Å². The molecular formula is C9H16O2. The van der Waals surface area contributed by atoms with E-state index in [-0.39, 0.29) is 5.78 Å². The van der Waals surface area contributed by atoms with Gasteiger partial charge in [0.05, 0.1) is 0 Å². The summed E-state index contributed by atoms with van der Waals surface area (Å²) in [6.45, 7) is 3.43. The van der Waals surface area contributed by atoms with Crippen molar-refractivity contribution >= 4 is 11.6 Å². The summed E-state index contributed by atoms with van der Waals surface area (Å²) in [6.07, 6.45) is 4.64. The first-order valence-corrected chi connectivity index (χ1v) is 4.18. The largest absolute Gasteiger partial charge is 0.300 e. The Bertz CT molecular complexity index is 130. The fourth-order valence-electron chi connectivity index (χ4n) is 0.769. The van der Waals surface area contributed by atoms with Crippen LogP contribution >= 0.6 is 0 Å². The van der Waals surface area contributed by atoms with Crippen LogP contribution in [0.25, 0.3) is 0 Å². The first kappa shape index (κ1) is 10.3. The van der Waals surface area contributed by atoms with Crippen molar-refractivity contribution in [3.8, 4) is 0 Å². The first-order valence-electron chi connectivity index (χ1n) is 4.18. The summed E-state index contributed by atoms with van der Waals surface area (Å²) >= 11 is 0. The molecule has 0 unspecified atom stereocenters. The van der Waals surface area contributed by atoms with Gasteiger partial charge in [0.25, 0.3) is 0 Å². The normalized spacial score (nSPS) is 15.6. The molecule has 0 amide bonds. The van der Waals surface area contributed by atoms with Crippen molar-refractivity contribution in [1.29, 1.82) is 0 Å². The van der Waals surface area contributed by atoms with E-state index < -0.39 is 0 Å². The molecule has 0 spiro atoms. The average Bonchev–Trinajstić information content (AvgIpc) is 2.41. The van der Waals surface area contributed by atoms with Crippen LogP contribution in [-0.4, -0.2) is 11.6 Å². The SMILES string of the molecule is CCC(C)=O.O=C1CCCC1. The lowest BCUT2D eigenvalue weighted by atomic mass is 10.4. The molecule has 2 heteroatoms. The smallest absolute Gasteiger partial charge is 0.132 e. The molecule has 1 saturated carbocycles. The Morgan fingerprint density at radius 2 is 1.73 bits per heavy atom. The molecule has 0 N–H and O–H groups in total. The van der Waals surface area contributed by atoms with Crippen LogP contribution in [-0.2, 0) is 9.59 Å². The topological polar surface area (TPSA) is 34.1 Å². The van der Waals surface area contributed by atoms with Gasteiger partial charge in [-0.25, -0.2) is 0 Å². The van der Waals surface area contributed by atoms with E-state index in [1.165, 1.54) is 0 Å². The second-order valence-electron chi connectivity index (χ2n) is 2.80. The first-order chi connectivity index (χ1) is 5.16. The predicted octanol–water partition coefficient (Wildman–Crippen LogP) is 2.11. The van der Waals surface area contributed by atoms with E-state index in [0.717, 1.165) is 25.7 Å². The standard InChI is InChI=1S/C5H8O.C4H8O/c6-5-3-1-2-4-5;1-3-4(2)5/h1-4H2;3H2,1-2H3. The molecule has 1 aliphatic rings. The molecule has 0 aromatic rings. The van der Waals surface area contributed by atoms with Crippen molar-refractivity contribution in [3.63, 3.8) is 0 Å². The molecule has 0 aromatic heterocycles. The van der Waals surface area contributed by atoms with E-state index >= 15 is 0 Å². The maximum atomic E-state index is 10.2. The summed E-state index contributed by atoms with van der Waals surface area (Å²) in [5, 5.41) is 0. The van der Waals surface area contributed by atoms with E-state index in [4.69, 9.17) is 0 Å². The molecule has 2 nitrogen and oxygen atoms in total. The molecule has 0 bridgehead atoms. The lowest BCUT2D eigenvalue weighted by Crippen LogP contribution is -1.81. The third-order valence-corrected chi connectivity index (χ3v) is 1.66. The number of carbonyl (C=O) groups is 2. The second-order valence-corrected chi connectivity index (χ2v) is 2.80. The van der Waals surface area contributed by atoms with Crippen LogP contribution < -0.4 is 0 Å². The minimum atomic E-state index is 0.255. The van der Waals surface area contributed by atoms with Crippen LogP contribution in [0.15, 0.2) is 0 Å². The molecule has 11 heavy (non-hydrogen) atoms. The molecule has 0 aromatic carbocycles. The van der Waals surface area contributed by atoms with Crippen molar-refractivity contribution in [1.82, 2.24) is 0 Å². The lowest BCUT2D eigenvalue weighted by Gasteiger charge is -1.71. The van der Waals surface area contributed by atoms with Gasteiger partial charge in [-0.2, -0.15) is 0 Å². The highest BCUT2D eigenvalue weighted by Gasteiger charge is 2.07. The second kappa shape index (κ2) is 6.08. The number of hydrogen-bond donors (Lipinski definition) is 0. The molecule has 0 atom stereocenters. The van der Waals surface area contributed by atoms with Crippen molar-refractivity contribution in [3.05, 3.63) is 0 Å². The highest BCUT2D eigenvalue weighted by molar-refractivity contribution is 5.80. The zero-order valence-electron chi connectivity index (χ0n) is 7.35.